The van der Waals surface area contributed by atoms with Gasteiger partial charge in [0, 0.05) is 49.1 Å². The van der Waals surface area contributed by atoms with Gasteiger partial charge in [0.1, 0.15) is 5.82 Å². The monoisotopic (exact) mass is 530 g/mol. The van der Waals surface area contributed by atoms with Crippen LogP contribution in [0.15, 0.2) is 84.9 Å². The van der Waals surface area contributed by atoms with Crippen molar-refractivity contribution in [3.05, 3.63) is 113 Å². The standard InChI is InChI=1S/C30H28ClFN4O2/c1-21-27(19-28(23-10-12-24(31)13-11-23)36(21)26-9-5-8-25(32)18-26)29(37)34-14-16-35(17-15-34)30(38)33-20-22-6-3-2-4-7-22/h2-13,18-19H,14-17,20H2,1H3,(H,33,38). The zero-order chi connectivity index (χ0) is 26.6. The van der Waals surface area contributed by atoms with Crippen molar-refractivity contribution in [2.24, 2.45) is 0 Å². The third kappa shape index (κ3) is 5.43. The molecule has 0 bridgehead atoms. The van der Waals surface area contributed by atoms with Gasteiger partial charge in [-0.05, 0) is 54.4 Å². The maximum absolute atomic E-state index is 14.1. The van der Waals surface area contributed by atoms with Crippen molar-refractivity contribution < 1.29 is 14.0 Å². The molecule has 2 heterocycles. The average molecular weight is 531 g/mol. The Morgan fingerprint density at radius 2 is 1.55 bits per heavy atom. The third-order valence-corrected chi connectivity index (χ3v) is 7.08. The van der Waals surface area contributed by atoms with E-state index in [0.29, 0.717) is 54.7 Å². The average Bonchev–Trinajstić information content (AvgIpc) is 3.29. The van der Waals surface area contributed by atoms with Gasteiger partial charge in [0.15, 0.2) is 0 Å². The number of piperazine rings is 1. The van der Waals surface area contributed by atoms with Crippen LogP contribution in [-0.4, -0.2) is 52.5 Å². The fourth-order valence-electron chi connectivity index (χ4n) is 4.77. The number of hydrogen-bond acceptors (Lipinski definition) is 2. The molecule has 8 heteroatoms. The fraction of sp³-hybridized carbons (Fsp3) is 0.200. The molecule has 3 amide bonds. The number of nitrogens with one attached hydrogen (secondary N) is 1. The Bertz CT molecular complexity index is 1450. The van der Waals surface area contributed by atoms with Gasteiger partial charge in [-0.2, -0.15) is 0 Å². The van der Waals surface area contributed by atoms with E-state index in [4.69, 9.17) is 11.6 Å². The highest BCUT2D eigenvalue weighted by molar-refractivity contribution is 6.30. The molecule has 1 aliphatic rings. The molecule has 38 heavy (non-hydrogen) atoms. The highest BCUT2D eigenvalue weighted by Crippen LogP contribution is 2.31. The molecule has 0 radical (unpaired) electrons. The van der Waals surface area contributed by atoms with Crippen LogP contribution >= 0.6 is 11.6 Å². The SMILES string of the molecule is Cc1c(C(=O)N2CCN(C(=O)NCc3ccccc3)CC2)cc(-c2ccc(Cl)cc2)n1-c1cccc(F)c1. The molecule has 1 fully saturated rings. The zero-order valence-corrected chi connectivity index (χ0v) is 21.8. The smallest absolute Gasteiger partial charge is 0.317 e. The normalized spacial score (nSPS) is 13.4. The number of nitrogens with zero attached hydrogens (tertiary/aromatic N) is 3. The number of carbonyl (C=O) groups excluding carboxylic acids is 2. The first-order chi connectivity index (χ1) is 18.4. The van der Waals surface area contributed by atoms with E-state index in [-0.39, 0.29) is 17.8 Å². The Morgan fingerprint density at radius 3 is 2.24 bits per heavy atom. The first kappa shape index (κ1) is 25.5. The van der Waals surface area contributed by atoms with Gasteiger partial charge in [-0.15, -0.1) is 0 Å². The van der Waals surface area contributed by atoms with Crippen LogP contribution < -0.4 is 5.32 Å². The molecule has 0 saturated carbocycles. The van der Waals surface area contributed by atoms with E-state index < -0.39 is 0 Å². The number of rotatable bonds is 5. The third-order valence-electron chi connectivity index (χ3n) is 6.82. The second-order valence-electron chi connectivity index (χ2n) is 9.27. The number of amides is 3. The molecule has 5 rings (SSSR count). The fourth-order valence-corrected chi connectivity index (χ4v) is 4.90. The summed E-state index contributed by atoms with van der Waals surface area (Å²) in [6, 6.07) is 25.1. The molecule has 1 N–H and O–H groups in total. The summed E-state index contributed by atoms with van der Waals surface area (Å²) in [6.07, 6.45) is 0. The summed E-state index contributed by atoms with van der Waals surface area (Å²) in [5.41, 5.74) is 4.55. The van der Waals surface area contributed by atoms with Gasteiger partial charge in [0.25, 0.3) is 5.91 Å². The second kappa shape index (κ2) is 11.1. The van der Waals surface area contributed by atoms with Crippen LogP contribution in [-0.2, 0) is 6.54 Å². The zero-order valence-electron chi connectivity index (χ0n) is 21.0. The van der Waals surface area contributed by atoms with E-state index in [1.807, 2.05) is 66.1 Å². The summed E-state index contributed by atoms with van der Waals surface area (Å²) in [4.78, 5) is 29.8. The van der Waals surface area contributed by atoms with Crippen LogP contribution in [0.3, 0.4) is 0 Å². The first-order valence-corrected chi connectivity index (χ1v) is 12.9. The number of aromatic nitrogens is 1. The maximum Gasteiger partial charge on any atom is 0.317 e. The molecule has 1 aromatic heterocycles. The van der Waals surface area contributed by atoms with Crippen LogP contribution in [0.25, 0.3) is 16.9 Å². The predicted molar refractivity (Wildman–Crippen MR) is 147 cm³/mol. The molecule has 194 valence electrons. The van der Waals surface area contributed by atoms with Gasteiger partial charge in [0.2, 0.25) is 0 Å². The van der Waals surface area contributed by atoms with Gasteiger partial charge in [-0.3, -0.25) is 4.79 Å². The number of halogens is 2. The minimum absolute atomic E-state index is 0.114. The molecule has 0 unspecified atom stereocenters. The van der Waals surface area contributed by atoms with Crippen molar-refractivity contribution in [2.75, 3.05) is 26.2 Å². The summed E-state index contributed by atoms with van der Waals surface area (Å²) in [6.45, 7) is 4.07. The maximum atomic E-state index is 14.1. The number of hydrogen-bond donors (Lipinski definition) is 1. The van der Waals surface area contributed by atoms with Gasteiger partial charge >= 0.3 is 6.03 Å². The number of benzene rings is 3. The molecule has 1 saturated heterocycles. The Hall–Kier alpha value is -4.10. The lowest BCUT2D eigenvalue weighted by molar-refractivity contribution is 0.0664. The minimum Gasteiger partial charge on any atom is -0.335 e. The van der Waals surface area contributed by atoms with Crippen LogP contribution in [0, 0.1) is 12.7 Å². The Labute approximate surface area is 226 Å². The van der Waals surface area contributed by atoms with Crippen LogP contribution in [0.4, 0.5) is 9.18 Å². The van der Waals surface area contributed by atoms with Crippen LogP contribution in [0.5, 0.6) is 0 Å². The van der Waals surface area contributed by atoms with Crippen molar-refractivity contribution in [1.82, 2.24) is 19.7 Å². The van der Waals surface area contributed by atoms with Crippen LogP contribution in [0.2, 0.25) is 5.02 Å². The highest BCUT2D eigenvalue weighted by Gasteiger charge is 2.28. The molecule has 0 aliphatic carbocycles. The summed E-state index contributed by atoms with van der Waals surface area (Å²) in [5.74, 6) is -0.468. The molecule has 0 spiro atoms. The van der Waals surface area contributed by atoms with E-state index in [9.17, 15) is 14.0 Å². The van der Waals surface area contributed by atoms with Crippen LogP contribution in [0.1, 0.15) is 21.6 Å². The molecule has 0 atom stereocenters. The predicted octanol–water partition coefficient (Wildman–Crippen LogP) is 5.91. The van der Waals surface area contributed by atoms with Gasteiger partial charge in [-0.1, -0.05) is 60.1 Å². The van der Waals surface area contributed by atoms with Crippen molar-refractivity contribution in [3.8, 4) is 16.9 Å². The topological polar surface area (TPSA) is 57.6 Å². The molecule has 6 nitrogen and oxygen atoms in total. The van der Waals surface area contributed by atoms with E-state index in [2.05, 4.69) is 5.32 Å². The highest BCUT2D eigenvalue weighted by atomic mass is 35.5. The lowest BCUT2D eigenvalue weighted by Crippen LogP contribution is -2.53. The van der Waals surface area contributed by atoms with Crippen molar-refractivity contribution in [3.63, 3.8) is 0 Å². The van der Waals surface area contributed by atoms with E-state index in [0.717, 1.165) is 16.8 Å². The van der Waals surface area contributed by atoms with Gasteiger partial charge in [-0.25, -0.2) is 9.18 Å². The van der Waals surface area contributed by atoms with E-state index >= 15 is 0 Å². The molecule has 3 aromatic carbocycles. The van der Waals surface area contributed by atoms with E-state index in [1.165, 1.54) is 12.1 Å². The van der Waals surface area contributed by atoms with Crippen molar-refractivity contribution in [2.45, 2.75) is 13.5 Å². The summed E-state index contributed by atoms with van der Waals surface area (Å²) in [5, 5.41) is 3.56. The van der Waals surface area contributed by atoms with Crippen molar-refractivity contribution >= 4 is 23.5 Å². The largest absolute Gasteiger partial charge is 0.335 e. The molecular formula is C30H28ClFN4O2. The summed E-state index contributed by atoms with van der Waals surface area (Å²) < 4.78 is 16.0. The Morgan fingerprint density at radius 1 is 0.868 bits per heavy atom. The molecule has 4 aromatic rings. The second-order valence-corrected chi connectivity index (χ2v) is 9.71. The first-order valence-electron chi connectivity index (χ1n) is 12.5. The summed E-state index contributed by atoms with van der Waals surface area (Å²) >= 11 is 6.10. The summed E-state index contributed by atoms with van der Waals surface area (Å²) in [7, 11) is 0. The van der Waals surface area contributed by atoms with Gasteiger partial charge in [0.05, 0.1) is 11.3 Å². The Balaban J connectivity index is 1.34. The van der Waals surface area contributed by atoms with Gasteiger partial charge < -0.3 is 19.7 Å². The minimum atomic E-state index is -0.354. The Kier molecular flexibility index (Phi) is 7.47. The van der Waals surface area contributed by atoms with E-state index in [1.54, 1.807) is 28.0 Å². The lowest BCUT2D eigenvalue weighted by atomic mass is 10.1. The molecular weight excluding hydrogens is 503 g/mol. The quantitative estimate of drug-likeness (QED) is 0.348. The van der Waals surface area contributed by atoms with Crippen molar-refractivity contribution in [1.29, 1.82) is 0 Å². The number of carbonyl (C=O) groups is 2. The number of urea groups is 1. The lowest BCUT2D eigenvalue weighted by Gasteiger charge is -2.34. The molecule has 1 aliphatic heterocycles.